The van der Waals surface area contributed by atoms with Crippen LogP contribution in [0.25, 0.3) is 44.7 Å². The minimum atomic E-state index is -0.563. The zero-order valence-corrected chi connectivity index (χ0v) is 44.2. The molecule has 15 heteroatoms. The molecule has 6 heterocycles. The van der Waals surface area contributed by atoms with E-state index in [4.69, 9.17) is 57.2 Å². The lowest BCUT2D eigenvalue weighted by Crippen LogP contribution is -2.28. The number of nitrogens with two attached hydrogens (primary N) is 1. The summed E-state index contributed by atoms with van der Waals surface area (Å²) in [7, 11) is 0. The SMILES string of the molecule is C1CC2CNCC2C1.CCC/C=C/c1ccc(-c2c(C)c(C(=O)N3CCCC3)nn2-c2ccc(Cl)cc2Cl)s1.Cc1c(C(N)=O)nn(-c2ccc(Cl)cc2Cl)c1-c1ccc(/C=C/C2CCCCC2)s1. The van der Waals surface area contributed by atoms with E-state index < -0.39 is 5.91 Å². The molecule has 69 heavy (non-hydrogen) atoms. The maximum absolute atomic E-state index is 13.2. The van der Waals surface area contributed by atoms with Gasteiger partial charge in [0.1, 0.15) is 0 Å². The van der Waals surface area contributed by atoms with Crippen molar-refractivity contribution in [3.63, 3.8) is 0 Å². The molecule has 4 aliphatic rings. The lowest BCUT2D eigenvalue weighted by Gasteiger charge is -2.17. The Labute approximate surface area is 434 Å². The summed E-state index contributed by atoms with van der Waals surface area (Å²) in [6, 6.07) is 18.9. The summed E-state index contributed by atoms with van der Waals surface area (Å²) in [4.78, 5) is 31.4. The van der Waals surface area contributed by atoms with Gasteiger partial charge in [-0.3, -0.25) is 9.59 Å². The molecule has 4 fully saturated rings. The van der Waals surface area contributed by atoms with Gasteiger partial charge in [0, 0.05) is 44.0 Å². The quantitative estimate of drug-likeness (QED) is 0.134. The third-order valence-electron chi connectivity index (χ3n) is 13.6. The largest absolute Gasteiger partial charge is 0.364 e. The molecule has 0 spiro atoms. The number of hydrogen-bond donors (Lipinski definition) is 2. The Morgan fingerprint density at radius 2 is 1.23 bits per heavy atom. The Bertz CT molecular complexity index is 2790. The number of fused-ring (bicyclic) bond motifs is 1. The molecule has 2 saturated carbocycles. The minimum Gasteiger partial charge on any atom is -0.364 e. The van der Waals surface area contributed by atoms with E-state index in [0.29, 0.717) is 43.1 Å². The van der Waals surface area contributed by atoms with Crippen molar-refractivity contribution in [1.29, 1.82) is 0 Å². The van der Waals surface area contributed by atoms with Crippen LogP contribution in [0.4, 0.5) is 0 Å². The van der Waals surface area contributed by atoms with Crippen LogP contribution in [-0.2, 0) is 0 Å². The van der Waals surface area contributed by atoms with Crippen LogP contribution in [0.15, 0.2) is 72.8 Å². The van der Waals surface area contributed by atoms with Gasteiger partial charge in [-0.1, -0.05) is 97.6 Å². The van der Waals surface area contributed by atoms with Crippen molar-refractivity contribution < 1.29 is 9.59 Å². The Kier molecular flexibility index (Phi) is 17.7. The normalized spacial score (nSPS) is 18.2. The summed E-state index contributed by atoms with van der Waals surface area (Å²) >= 11 is 28.5. The number of likely N-dealkylation sites (tertiary alicyclic amines) is 1. The molecular formula is C54H61Cl4N7O2S2. The number of aromatic nitrogens is 4. The highest BCUT2D eigenvalue weighted by Crippen LogP contribution is 2.39. The summed E-state index contributed by atoms with van der Waals surface area (Å²) in [5, 5.41) is 14.7. The number of unbranched alkanes of at least 4 members (excludes halogenated alkanes) is 1. The highest BCUT2D eigenvalue weighted by molar-refractivity contribution is 7.16. The predicted molar refractivity (Wildman–Crippen MR) is 290 cm³/mol. The Morgan fingerprint density at radius 3 is 1.77 bits per heavy atom. The molecule has 2 aliphatic heterocycles. The second-order valence-electron chi connectivity index (χ2n) is 18.5. The maximum Gasteiger partial charge on any atom is 0.274 e. The molecular weight excluding hydrogens is 985 g/mol. The van der Waals surface area contributed by atoms with Gasteiger partial charge in [0.25, 0.3) is 11.8 Å². The second-order valence-corrected chi connectivity index (χ2v) is 22.4. The molecule has 3 N–H and O–H groups in total. The zero-order valence-electron chi connectivity index (χ0n) is 39.6. The Morgan fingerprint density at radius 1 is 0.696 bits per heavy atom. The lowest BCUT2D eigenvalue weighted by molar-refractivity contribution is 0.0785. The molecule has 10 rings (SSSR count). The highest BCUT2D eigenvalue weighted by atomic mass is 35.5. The number of carbonyl (C=O) groups is 2. The number of hydrogen-bond acceptors (Lipinski definition) is 7. The summed E-state index contributed by atoms with van der Waals surface area (Å²) in [5.74, 6) is 2.22. The van der Waals surface area contributed by atoms with Crippen molar-refractivity contribution in [3.05, 3.63) is 125 Å². The summed E-state index contributed by atoms with van der Waals surface area (Å²) in [6.07, 6.45) is 24.2. The number of nitrogens with one attached hydrogen (secondary N) is 1. The van der Waals surface area contributed by atoms with Gasteiger partial charge >= 0.3 is 0 Å². The van der Waals surface area contributed by atoms with Gasteiger partial charge in [-0.15, -0.1) is 22.7 Å². The van der Waals surface area contributed by atoms with E-state index in [0.717, 1.165) is 82.9 Å². The van der Waals surface area contributed by atoms with E-state index in [9.17, 15) is 9.59 Å². The van der Waals surface area contributed by atoms with Crippen LogP contribution in [0.3, 0.4) is 0 Å². The van der Waals surface area contributed by atoms with E-state index in [2.05, 4.69) is 65.9 Å². The topological polar surface area (TPSA) is 111 Å². The van der Waals surface area contributed by atoms with Crippen molar-refractivity contribution >= 4 is 93.0 Å². The van der Waals surface area contributed by atoms with E-state index in [1.165, 1.54) is 74.2 Å². The van der Waals surface area contributed by atoms with E-state index in [-0.39, 0.29) is 11.6 Å². The van der Waals surface area contributed by atoms with Crippen molar-refractivity contribution in [1.82, 2.24) is 29.8 Å². The number of halogens is 4. The van der Waals surface area contributed by atoms with Crippen molar-refractivity contribution in [2.45, 2.75) is 97.8 Å². The molecule has 0 bridgehead atoms. The van der Waals surface area contributed by atoms with E-state index in [1.54, 1.807) is 62.4 Å². The number of primary amides is 1. The number of allylic oxidation sites excluding steroid dienone is 2. The zero-order chi connectivity index (χ0) is 48.6. The second kappa shape index (κ2) is 23.8. The average molecular weight is 1050 g/mol. The molecule has 2 aliphatic carbocycles. The van der Waals surface area contributed by atoms with Gasteiger partial charge in [-0.05, 0) is 162 Å². The molecule has 2 amide bonds. The molecule has 0 radical (unpaired) electrons. The first-order valence-electron chi connectivity index (χ1n) is 24.3. The first kappa shape index (κ1) is 51.2. The third kappa shape index (κ3) is 12.3. The average Bonchev–Trinajstić information content (AvgIpc) is 4.19. The van der Waals surface area contributed by atoms with Crippen molar-refractivity contribution in [2.75, 3.05) is 26.2 Å². The standard InChI is InChI=1S/C24H25Cl2N3OS.C23H23Cl2N3OS.C7H13N/c1-3-4-5-8-18-10-12-21(31-18)23-16(2)22(24(30)28-13-6-7-14-28)27-29(23)20-11-9-17(25)15-19(20)26;1-14-21(23(26)29)27-28(19-11-8-16(24)13-18(19)25)22(14)20-12-10-17(30-20)9-7-15-5-3-2-4-6-15;1-2-6-4-8-5-7(6)3-1/h5,8-12,15H,3-4,6-7,13-14H2,1-2H3;7-13,15H,2-6H2,1H3,(H2,26,29);6-8H,1-5H2/b8-5+;9-7+;. The summed E-state index contributed by atoms with van der Waals surface area (Å²) in [6.45, 7) is 10.2. The third-order valence-corrected chi connectivity index (χ3v) is 16.8. The van der Waals surface area contributed by atoms with Crippen molar-refractivity contribution in [3.8, 4) is 32.5 Å². The highest BCUT2D eigenvalue weighted by Gasteiger charge is 2.31. The number of benzene rings is 2. The number of carbonyl (C=O) groups excluding carboxylic acids is 2. The summed E-state index contributed by atoms with van der Waals surface area (Å²) < 4.78 is 3.48. The van der Waals surface area contributed by atoms with Crippen molar-refractivity contribution in [2.24, 2.45) is 23.5 Å². The first-order valence-corrected chi connectivity index (χ1v) is 27.5. The molecule has 9 nitrogen and oxygen atoms in total. The smallest absolute Gasteiger partial charge is 0.274 e. The predicted octanol–water partition coefficient (Wildman–Crippen LogP) is 15.2. The van der Waals surface area contributed by atoms with Crippen LogP contribution < -0.4 is 11.1 Å². The molecule has 364 valence electrons. The van der Waals surface area contributed by atoms with Gasteiger partial charge in [-0.25, -0.2) is 9.36 Å². The fourth-order valence-electron chi connectivity index (χ4n) is 9.90. The Hall–Kier alpha value is -4.20. The first-order chi connectivity index (χ1) is 33.4. The number of amides is 2. The van der Waals surface area contributed by atoms with E-state index in [1.807, 2.05) is 24.8 Å². The monoisotopic (exact) mass is 1040 g/mol. The van der Waals surface area contributed by atoms with Gasteiger partial charge < -0.3 is 16.0 Å². The van der Waals surface area contributed by atoms with Gasteiger partial charge in [0.05, 0.1) is 42.6 Å². The van der Waals surface area contributed by atoms with Crippen LogP contribution in [-0.4, -0.2) is 62.5 Å². The molecule has 2 saturated heterocycles. The molecule has 4 aromatic heterocycles. The van der Waals surface area contributed by atoms with Gasteiger partial charge in [0.15, 0.2) is 11.4 Å². The number of rotatable bonds is 11. The maximum atomic E-state index is 13.2. The van der Waals surface area contributed by atoms with Crippen LogP contribution in [0, 0.1) is 31.6 Å². The van der Waals surface area contributed by atoms with Gasteiger partial charge in [-0.2, -0.15) is 10.2 Å². The molecule has 6 aromatic rings. The van der Waals surface area contributed by atoms with Crippen LogP contribution in [0.2, 0.25) is 20.1 Å². The number of thiophene rings is 2. The van der Waals surface area contributed by atoms with Crippen LogP contribution in [0.5, 0.6) is 0 Å². The minimum absolute atomic E-state index is 0.0142. The molecule has 2 atom stereocenters. The van der Waals surface area contributed by atoms with Crippen LogP contribution in [0.1, 0.15) is 126 Å². The molecule has 2 aromatic carbocycles. The Balaban J connectivity index is 0.000000159. The van der Waals surface area contributed by atoms with E-state index >= 15 is 0 Å². The molecule has 2 unspecified atom stereocenters. The number of nitrogens with zero attached hydrogens (tertiary/aromatic N) is 5. The summed E-state index contributed by atoms with van der Waals surface area (Å²) in [5.41, 5.74) is 11.0. The lowest BCUT2D eigenvalue weighted by atomic mass is 9.89. The fourth-order valence-corrected chi connectivity index (χ4v) is 12.9. The van der Waals surface area contributed by atoms with Gasteiger partial charge in [0.2, 0.25) is 0 Å². The fraction of sp³-hybridized carbons (Fsp3) is 0.407. The van der Waals surface area contributed by atoms with Crippen LogP contribution >= 0.6 is 69.1 Å².